The molecule has 2 nitrogen and oxygen atoms in total. The summed E-state index contributed by atoms with van der Waals surface area (Å²) in [6.07, 6.45) is 0.380. The highest BCUT2D eigenvalue weighted by Crippen LogP contribution is 2.18. The Bertz CT molecular complexity index is 363. The van der Waals surface area contributed by atoms with E-state index in [0.717, 1.165) is 5.69 Å². The molecule has 0 aromatic heterocycles. The van der Waals surface area contributed by atoms with Gasteiger partial charge < -0.3 is 4.90 Å². The Balaban J connectivity index is 2.86. The number of nitrogens with zero attached hydrogens (tertiary/aromatic N) is 1. The summed E-state index contributed by atoms with van der Waals surface area (Å²) < 4.78 is 0. The van der Waals surface area contributed by atoms with Crippen LogP contribution in [0.15, 0.2) is 18.2 Å². The highest BCUT2D eigenvalue weighted by atomic mass is 35.5. The Labute approximate surface area is 95.8 Å². The first kappa shape index (κ1) is 12.1. The fourth-order valence-corrected chi connectivity index (χ4v) is 1.49. The maximum absolute atomic E-state index is 11.6. The van der Waals surface area contributed by atoms with E-state index in [1.165, 1.54) is 11.1 Å². The number of benzene rings is 1. The topological polar surface area (TPSA) is 20.3 Å². The predicted molar refractivity (Wildman–Crippen MR) is 64.7 cm³/mol. The van der Waals surface area contributed by atoms with E-state index < -0.39 is 0 Å². The Morgan fingerprint density at radius 2 is 2.00 bits per heavy atom. The van der Waals surface area contributed by atoms with Crippen LogP contribution in [0.1, 0.15) is 17.5 Å². The predicted octanol–water partition coefficient (Wildman–Crippen LogP) is 2.90. The van der Waals surface area contributed by atoms with Crippen LogP contribution in [-0.4, -0.2) is 18.8 Å². The van der Waals surface area contributed by atoms with Crippen molar-refractivity contribution in [3.05, 3.63) is 29.3 Å². The third-order valence-corrected chi connectivity index (χ3v) is 2.75. The van der Waals surface area contributed by atoms with E-state index in [1.807, 2.05) is 25.1 Å². The van der Waals surface area contributed by atoms with Crippen molar-refractivity contribution in [3.8, 4) is 0 Å². The van der Waals surface area contributed by atoms with Gasteiger partial charge >= 0.3 is 0 Å². The van der Waals surface area contributed by atoms with Crippen LogP contribution in [0.25, 0.3) is 0 Å². The van der Waals surface area contributed by atoms with Gasteiger partial charge in [0.25, 0.3) is 0 Å². The van der Waals surface area contributed by atoms with Crippen molar-refractivity contribution in [1.82, 2.24) is 0 Å². The lowest BCUT2D eigenvalue weighted by Gasteiger charge is -2.17. The average Bonchev–Trinajstić information content (AvgIpc) is 2.21. The molecule has 0 radical (unpaired) electrons. The first-order valence-electron chi connectivity index (χ1n) is 4.96. The second-order valence-electron chi connectivity index (χ2n) is 3.66. The maximum Gasteiger partial charge on any atom is 0.227 e. The number of anilines is 1. The van der Waals surface area contributed by atoms with Crippen molar-refractivity contribution < 1.29 is 4.79 Å². The van der Waals surface area contributed by atoms with Gasteiger partial charge in [0.2, 0.25) is 5.91 Å². The van der Waals surface area contributed by atoms with Gasteiger partial charge in [-0.2, -0.15) is 0 Å². The number of carbonyl (C=O) groups excluding carboxylic acids is 1. The van der Waals surface area contributed by atoms with Gasteiger partial charge in [-0.15, -0.1) is 11.6 Å². The SMILES string of the molecule is Cc1ccc(N(C)C(=O)CCCl)cc1C. The smallest absolute Gasteiger partial charge is 0.227 e. The number of hydrogen-bond acceptors (Lipinski definition) is 1. The monoisotopic (exact) mass is 225 g/mol. The molecule has 82 valence electrons. The molecule has 0 aliphatic heterocycles. The van der Waals surface area contributed by atoms with Crippen molar-refractivity contribution >= 4 is 23.2 Å². The number of aryl methyl sites for hydroxylation is 2. The first-order chi connectivity index (χ1) is 7.06. The lowest BCUT2D eigenvalue weighted by atomic mass is 10.1. The summed E-state index contributed by atoms with van der Waals surface area (Å²) in [4.78, 5) is 13.2. The van der Waals surface area contributed by atoms with Gasteiger partial charge in [0.1, 0.15) is 0 Å². The molecule has 0 saturated carbocycles. The average molecular weight is 226 g/mol. The third-order valence-electron chi connectivity index (χ3n) is 2.56. The van der Waals surface area contributed by atoms with Gasteiger partial charge in [-0.3, -0.25) is 4.79 Å². The zero-order valence-corrected chi connectivity index (χ0v) is 10.1. The van der Waals surface area contributed by atoms with E-state index >= 15 is 0 Å². The molecule has 1 aromatic rings. The summed E-state index contributed by atoms with van der Waals surface area (Å²) in [5.41, 5.74) is 3.35. The van der Waals surface area contributed by atoms with Gasteiger partial charge in [-0.05, 0) is 37.1 Å². The summed E-state index contributed by atoms with van der Waals surface area (Å²) in [5, 5.41) is 0. The molecule has 1 amide bonds. The summed E-state index contributed by atoms with van der Waals surface area (Å²) in [7, 11) is 1.78. The van der Waals surface area contributed by atoms with E-state index in [4.69, 9.17) is 11.6 Å². The van der Waals surface area contributed by atoms with E-state index in [9.17, 15) is 4.79 Å². The number of carbonyl (C=O) groups is 1. The second kappa shape index (κ2) is 5.17. The highest BCUT2D eigenvalue weighted by Gasteiger charge is 2.10. The molecular weight excluding hydrogens is 210 g/mol. The van der Waals surface area contributed by atoms with Gasteiger partial charge in [0.15, 0.2) is 0 Å². The fourth-order valence-electron chi connectivity index (χ4n) is 1.33. The van der Waals surface area contributed by atoms with Crippen LogP contribution in [0.3, 0.4) is 0 Å². The van der Waals surface area contributed by atoms with E-state index in [1.54, 1.807) is 11.9 Å². The summed E-state index contributed by atoms with van der Waals surface area (Å²) in [6.45, 7) is 4.10. The summed E-state index contributed by atoms with van der Waals surface area (Å²) in [6, 6.07) is 5.99. The normalized spacial score (nSPS) is 10.1. The number of amides is 1. The van der Waals surface area contributed by atoms with Crippen molar-refractivity contribution in [2.45, 2.75) is 20.3 Å². The summed E-state index contributed by atoms with van der Waals surface area (Å²) >= 11 is 5.54. The molecule has 0 heterocycles. The largest absolute Gasteiger partial charge is 0.315 e. The van der Waals surface area contributed by atoms with Crippen LogP contribution < -0.4 is 4.90 Å². The minimum atomic E-state index is 0.0493. The lowest BCUT2D eigenvalue weighted by Crippen LogP contribution is -2.26. The molecule has 0 fully saturated rings. The van der Waals surface area contributed by atoms with Crippen molar-refractivity contribution in [2.24, 2.45) is 0 Å². The molecule has 0 unspecified atom stereocenters. The van der Waals surface area contributed by atoms with Crippen LogP contribution in [0.2, 0.25) is 0 Å². The van der Waals surface area contributed by atoms with Gasteiger partial charge in [0, 0.05) is 25.0 Å². The minimum absolute atomic E-state index is 0.0493. The zero-order valence-electron chi connectivity index (χ0n) is 9.38. The highest BCUT2D eigenvalue weighted by molar-refractivity contribution is 6.19. The molecule has 1 aromatic carbocycles. The molecule has 0 bridgehead atoms. The molecule has 3 heteroatoms. The Morgan fingerprint density at radius 1 is 1.33 bits per heavy atom. The first-order valence-corrected chi connectivity index (χ1v) is 5.49. The van der Waals surface area contributed by atoms with Gasteiger partial charge in [-0.1, -0.05) is 6.07 Å². The minimum Gasteiger partial charge on any atom is -0.315 e. The number of alkyl halides is 1. The van der Waals surface area contributed by atoms with Crippen molar-refractivity contribution in [3.63, 3.8) is 0 Å². The van der Waals surface area contributed by atoms with E-state index in [-0.39, 0.29) is 5.91 Å². The molecule has 0 aliphatic carbocycles. The molecule has 0 atom stereocenters. The number of rotatable bonds is 3. The van der Waals surface area contributed by atoms with Crippen LogP contribution in [0, 0.1) is 13.8 Å². The molecule has 0 N–H and O–H groups in total. The van der Waals surface area contributed by atoms with Crippen molar-refractivity contribution in [1.29, 1.82) is 0 Å². The van der Waals surface area contributed by atoms with Crippen LogP contribution in [0.4, 0.5) is 5.69 Å². The lowest BCUT2D eigenvalue weighted by molar-refractivity contribution is -0.117. The molecule has 0 saturated heterocycles. The third kappa shape index (κ3) is 2.96. The maximum atomic E-state index is 11.6. The number of hydrogen-bond donors (Lipinski definition) is 0. The van der Waals surface area contributed by atoms with Crippen LogP contribution in [0.5, 0.6) is 0 Å². The van der Waals surface area contributed by atoms with E-state index in [2.05, 4.69) is 6.92 Å². The quantitative estimate of drug-likeness (QED) is 0.725. The van der Waals surface area contributed by atoms with Gasteiger partial charge in [-0.25, -0.2) is 0 Å². The Morgan fingerprint density at radius 3 is 2.53 bits per heavy atom. The van der Waals surface area contributed by atoms with Crippen LogP contribution >= 0.6 is 11.6 Å². The molecule has 15 heavy (non-hydrogen) atoms. The molecule has 0 spiro atoms. The molecular formula is C12H16ClNO. The molecule has 0 aliphatic rings. The van der Waals surface area contributed by atoms with E-state index in [0.29, 0.717) is 12.3 Å². The Hall–Kier alpha value is -1.02. The zero-order chi connectivity index (χ0) is 11.4. The van der Waals surface area contributed by atoms with Gasteiger partial charge in [0.05, 0.1) is 0 Å². The summed E-state index contributed by atoms with van der Waals surface area (Å²) in [5.74, 6) is 0.418. The van der Waals surface area contributed by atoms with Crippen LogP contribution in [-0.2, 0) is 4.79 Å². The standard InChI is InChI=1S/C12H16ClNO/c1-9-4-5-11(8-10(9)2)14(3)12(15)6-7-13/h4-5,8H,6-7H2,1-3H3. The fraction of sp³-hybridized carbons (Fsp3) is 0.417. The number of halogens is 1. The molecule has 1 rings (SSSR count). The Kier molecular flexibility index (Phi) is 4.15. The van der Waals surface area contributed by atoms with Crippen molar-refractivity contribution in [2.75, 3.05) is 17.8 Å². The second-order valence-corrected chi connectivity index (χ2v) is 4.04.